The minimum atomic E-state index is -0.747. The van der Waals surface area contributed by atoms with Gasteiger partial charge in [0.1, 0.15) is 5.75 Å². The topological polar surface area (TPSA) is 96.5 Å². The lowest BCUT2D eigenvalue weighted by Crippen LogP contribution is -2.48. The van der Waals surface area contributed by atoms with Crippen molar-refractivity contribution in [3.8, 4) is 5.75 Å². The molecule has 3 N–H and O–H groups in total. The van der Waals surface area contributed by atoms with Gasteiger partial charge in [-0.3, -0.25) is 25.2 Å². The molecule has 0 spiro atoms. The van der Waals surface area contributed by atoms with Crippen molar-refractivity contribution in [2.45, 2.75) is 72.3 Å². The maximum atomic E-state index is 12.5. The molecule has 3 amide bonds. The highest BCUT2D eigenvalue weighted by Crippen LogP contribution is 2.29. The van der Waals surface area contributed by atoms with E-state index in [1.807, 2.05) is 63.2 Å². The number of amides is 3. The molecule has 2 unspecified atom stereocenters. The lowest BCUT2D eigenvalue weighted by molar-refractivity contribution is -0.133. The number of benzene rings is 2. The quantitative estimate of drug-likeness (QED) is 0.460. The van der Waals surface area contributed by atoms with E-state index >= 15 is 0 Å². The van der Waals surface area contributed by atoms with Crippen LogP contribution >= 0.6 is 0 Å². The first-order chi connectivity index (χ1) is 15.7. The Morgan fingerprint density at radius 1 is 0.909 bits per heavy atom. The van der Waals surface area contributed by atoms with E-state index in [2.05, 4.69) is 30.0 Å². The van der Waals surface area contributed by atoms with Gasteiger partial charge in [-0.2, -0.15) is 0 Å². The summed E-state index contributed by atoms with van der Waals surface area (Å²) in [7, 11) is 0. The van der Waals surface area contributed by atoms with Crippen LogP contribution in [0, 0.1) is 13.8 Å². The Kier molecular flexibility index (Phi) is 9.91. The highest BCUT2D eigenvalue weighted by atomic mass is 16.5. The molecule has 0 saturated carbocycles. The molecule has 0 fully saturated rings. The molecular formula is C26H35N3O4. The lowest BCUT2D eigenvalue weighted by Gasteiger charge is -2.21. The van der Waals surface area contributed by atoms with Gasteiger partial charge >= 0.3 is 0 Å². The molecule has 33 heavy (non-hydrogen) atoms. The highest BCUT2D eigenvalue weighted by Gasteiger charge is 2.21. The van der Waals surface area contributed by atoms with E-state index in [4.69, 9.17) is 4.74 Å². The van der Waals surface area contributed by atoms with E-state index in [9.17, 15) is 14.4 Å². The number of carbonyl (C=O) groups excluding carboxylic acids is 3. The van der Waals surface area contributed by atoms with Crippen molar-refractivity contribution in [3.05, 3.63) is 59.2 Å². The summed E-state index contributed by atoms with van der Waals surface area (Å²) in [6.45, 7) is 9.95. The number of carbonyl (C=O) groups is 3. The summed E-state index contributed by atoms with van der Waals surface area (Å²) in [4.78, 5) is 36.8. The molecule has 0 saturated heterocycles. The summed E-state index contributed by atoms with van der Waals surface area (Å²) in [5, 5.41) is 2.81. The third-order valence-corrected chi connectivity index (χ3v) is 5.55. The maximum absolute atomic E-state index is 12.5. The van der Waals surface area contributed by atoms with Crippen LogP contribution in [0.15, 0.2) is 42.5 Å². The first-order valence-corrected chi connectivity index (χ1v) is 11.5. The summed E-state index contributed by atoms with van der Waals surface area (Å²) in [6, 6.07) is 13.4. The Bertz CT molecular complexity index is 974. The van der Waals surface area contributed by atoms with Crippen LogP contribution in [0.4, 0.5) is 5.69 Å². The van der Waals surface area contributed by atoms with Gasteiger partial charge < -0.3 is 10.1 Å². The lowest BCUT2D eigenvalue weighted by atomic mass is 9.98. The fraction of sp³-hybridized carbons (Fsp3) is 0.423. The van der Waals surface area contributed by atoms with Gasteiger partial charge in [0.05, 0.1) is 0 Å². The molecule has 0 aliphatic carbocycles. The van der Waals surface area contributed by atoms with Crippen LogP contribution in [0.5, 0.6) is 5.75 Å². The minimum absolute atomic E-state index is 0.00497. The Morgan fingerprint density at radius 2 is 1.61 bits per heavy atom. The summed E-state index contributed by atoms with van der Waals surface area (Å²) in [5.41, 5.74) is 8.62. The molecule has 2 aromatic rings. The van der Waals surface area contributed by atoms with Crippen LogP contribution in [0.25, 0.3) is 0 Å². The molecule has 0 bridgehead atoms. The van der Waals surface area contributed by atoms with Gasteiger partial charge in [-0.05, 0) is 55.9 Å². The molecule has 7 heteroatoms. The zero-order valence-electron chi connectivity index (χ0n) is 20.2. The Balaban J connectivity index is 1.82. The standard InChI is InChI=1S/C26H35N3O4/c1-6-18(4)20-10-8-9-11-23(20)33-22(7-2)26(32)29-28-25(31)15-14-24(30)27-21-13-12-17(3)16-19(21)5/h8-13,16,18,22H,6-7,14-15H2,1-5H3,(H,27,30)(H,28,31)(H,29,32). The average Bonchev–Trinajstić information content (AvgIpc) is 2.81. The van der Waals surface area contributed by atoms with Crippen LogP contribution in [0.2, 0.25) is 0 Å². The number of hydrogen-bond donors (Lipinski definition) is 3. The Morgan fingerprint density at radius 3 is 2.27 bits per heavy atom. The predicted molar refractivity (Wildman–Crippen MR) is 130 cm³/mol. The Labute approximate surface area is 196 Å². The van der Waals surface area contributed by atoms with E-state index in [0.717, 1.165) is 28.8 Å². The second kappa shape index (κ2) is 12.6. The Hall–Kier alpha value is -3.35. The molecule has 2 atom stereocenters. The van der Waals surface area contributed by atoms with Crippen molar-refractivity contribution in [2.75, 3.05) is 5.32 Å². The van der Waals surface area contributed by atoms with Crippen LogP contribution in [0.1, 0.15) is 69.1 Å². The van der Waals surface area contributed by atoms with Gasteiger partial charge in [-0.25, -0.2) is 0 Å². The van der Waals surface area contributed by atoms with Crippen LogP contribution in [-0.2, 0) is 14.4 Å². The third-order valence-electron chi connectivity index (χ3n) is 5.55. The van der Waals surface area contributed by atoms with Gasteiger partial charge in [-0.15, -0.1) is 0 Å². The molecule has 0 aliphatic heterocycles. The molecule has 0 aromatic heterocycles. The smallest absolute Gasteiger partial charge is 0.279 e. The molecule has 0 heterocycles. The molecule has 2 aromatic carbocycles. The number of aryl methyl sites for hydroxylation is 2. The first kappa shape index (κ1) is 25.9. The third kappa shape index (κ3) is 7.93. The number of nitrogens with one attached hydrogen (secondary N) is 3. The number of para-hydroxylation sites is 1. The van der Waals surface area contributed by atoms with E-state index < -0.39 is 17.9 Å². The van der Waals surface area contributed by atoms with Gasteiger partial charge in [0.15, 0.2) is 6.10 Å². The summed E-state index contributed by atoms with van der Waals surface area (Å²) in [6.07, 6.45) is 0.602. The molecular weight excluding hydrogens is 418 g/mol. The van der Waals surface area contributed by atoms with E-state index in [0.29, 0.717) is 18.1 Å². The van der Waals surface area contributed by atoms with Gasteiger partial charge in [0, 0.05) is 18.5 Å². The van der Waals surface area contributed by atoms with E-state index in [1.165, 1.54) is 0 Å². The van der Waals surface area contributed by atoms with Crippen molar-refractivity contribution in [2.24, 2.45) is 0 Å². The largest absolute Gasteiger partial charge is 0.480 e. The van der Waals surface area contributed by atoms with Gasteiger partial charge in [0.25, 0.3) is 5.91 Å². The molecule has 178 valence electrons. The zero-order chi connectivity index (χ0) is 24.4. The molecule has 7 nitrogen and oxygen atoms in total. The van der Waals surface area contributed by atoms with E-state index in [1.54, 1.807) is 0 Å². The normalized spacial score (nSPS) is 12.4. The highest BCUT2D eigenvalue weighted by molar-refractivity contribution is 5.94. The van der Waals surface area contributed by atoms with Crippen molar-refractivity contribution >= 4 is 23.4 Å². The molecule has 0 aliphatic rings. The van der Waals surface area contributed by atoms with Crippen molar-refractivity contribution in [1.82, 2.24) is 10.9 Å². The van der Waals surface area contributed by atoms with Gasteiger partial charge in [0.2, 0.25) is 11.8 Å². The number of anilines is 1. The minimum Gasteiger partial charge on any atom is -0.480 e. The zero-order valence-corrected chi connectivity index (χ0v) is 20.2. The van der Waals surface area contributed by atoms with Crippen LogP contribution in [-0.4, -0.2) is 23.8 Å². The number of hydrogen-bond acceptors (Lipinski definition) is 4. The summed E-state index contributed by atoms with van der Waals surface area (Å²) >= 11 is 0. The van der Waals surface area contributed by atoms with Crippen LogP contribution < -0.4 is 20.9 Å². The number of ether oxygens (including phenoxy) is 1. The first-order valence-electron chi connectivity index (χ1n) is 11.5. The fourth-order valence-corrected chi connectivity index (χ4v) is 3.36. The van der Waals surface area contributed by atoms with Gasteiger partial charge in [-0.1, -0.05) is 56.7 Å². The second-order valence-electron chi connectivity index (χ2n) is 8.27. The summed E-state index contributed by atoms with van der Waals surface area (Å²) in [5.74, 6) is -0.182. The SMILES string of the molecule is CCC(Oc1ccccc1C(C)CC)C(=O)NNC(=O)CCC(=O)Nc1ccc(C)cc1C. The fourth-order valence-electron chi connectivity index (χ4n) is 3.36. The monoisotopic (exact) mass is 453 g/mol. The second-order valence-corrected chi connectivity index (χ2v) is 8.27. The average molecular weight is 454 g/mol. The van der Waals surface area contributed by atoms with Crippen LogP contribution in [0.3, 0.4) is 0 Å². The van der Waals surface area contributed by atoms with Crippen molar-refractivity contribution < 1.29 is 19.1 Å². The number of hydrazine groups is 1. The van der Waals surface area contributed by atoms with Crippen molar-refractivity contribution in [1.29, 1.82) is 0 Å². The molecule has 2 rings (SSSR count). The maximum Gasteiger partial charge on any atom is 0.279 e. The van der Waals surface area contributed by atoms with E-state index in [-0.39, 0.29) is 18.7 Å². The predicted octanol–water partition coefficient (Wildman–Crippen LogP) is 4.54. The summed E-state index contributed by atoms with van der Waals surface area (Å²) < 4.78 is 5.97. The van der Waals surface area contributed by atoms with Crippen molar-refractivity contribution in [3.63, 3.8) is 0 Å². The number of rotatable bonds is 10. The molecule has 0 radical (unpaired) electrons.